The Bertz CT molecular complexity index is 327. The van der Waals surface area contributed by atoms with Crippen LogP contribution in [-0.4, -0.2) is 22.3 Å². The highest BCUT2D eigenvalue weighted by molar-refractivity contribution is 5.72. The number of benzene rings is 1. The minimum Gasteiger partial charge on any atom is -0.479 e. The first kappa shape index (κ1) is 10.5. The van der Waals surface area contributed by atoms with Crippen LogP contribution < -0.4 is 0 Å². The standard InChI is InChI=1S/C11H12O3/c1-2-8-3-5-9(6-4-8)7-10(12)11(13)14/h2-6,10,12H,1,7H2,(H,13,14). The molecule has 0 amide bonds. The van der Waals surface area contributed by atoms with Gasteiger partial charge in [0.25, 0.3) is 0 Å². The van der Waals surface area contributed by atoms with Crippen LogP contribution in [0, 0.1) is 0 Å². The van der Waals surface area contributed by atoms with E-state index in [2.05, 4.69) is 6.58 Å². The average molecular weight is 192 g/mol. The summed E-state index contributed by atoms with van der Waals surface area (Å²) >= 11 is 0. The van der Waals surface area contributed by atoms with Crippen LogP contribution in [0.3, 0.4) is 0 Å². The van der Waals surface area contributed by atoms with E-state index in [4.69, 9.17) is 10.2 Å². The Labute approximate surface area is 82.3 Å². The van der Waals surface area contributed by atoms with Crippen LogP contribution in [0.5, 0.6) is 0 Å². The Balaban J connectivity index is 2.68. The van der Waals surface area contributed by atoms with Gasteiger partial charge in [-0.15, -0.1) is 0 Å². The van der Waals surface area contributed by atoms with Crippen molar-refractivity contribution >= 4 is 12.0 Å². The van der Waals surface area contributed by atoms with E-state index < -0.39 is 12.1 Å². The molecule has 0 aromatic heterocycles. The van der Waals surface area contributed by atoms with Gasteiger partial charge >= 0.3 is 5.97 Å². The van der Waals surface area contributed by atoms with Crippen LogP contribution in [0.25, 0.3) is 6.08 Å². The van der Waals surface area contributed by atoms with E-state index in [1.54, 1.807) is 18.2 Å². The molecule has 3 nitrogen and oxygen atoms in total. The molecule has 0 bridgehead atoms. The quantitative estimate of drug-likeness (QED) is 0.756. The second kappa shape index (κ2) is 4.58. The second-order valence-corrected chi connectivity index (χ2v) is 3.00. The third-order valence-electron chi connectivity index (χ3n) is 1.93. The van der Waals surface area contributed by atoms with Gasteiger partial charge in [0.2, 0.25) is 0 Å². The van der Waals surface area contributed by atoms with E-state index in [-0.39, 0.29) is 6.42 Å². The Morgan fingerprint density at radius 1 is 1.43 bits per heavy atom. The van der Waals surface area contributed by atoms with E-state index in [1.165, 1.54) is 0 Å². The molecular weight excluding hydrogens is 180 g/mol. The first-order valence-corrected chi connectivity index (χ1v) is 4.25. The van der Waals surface area contributed by atoms with Gasteiger partial charge in [-0.05, 0) is 11.1 Å². The summed E-state index contributed by atoms with van der Waals surface area (Å²) in [6.45, 7) is 3.61. The van der Waals surface area contributed by atoms with Crippen LogP contribution >= 0.6 is 0 Å². The highest BCUT2D eigenvalue weighted by Crippen LogP contribution is 2.07. The molecule has 74 valence electrons. The highest BCUT2D eigenvalue weighted by Gasteiger charge is 2.12. The lowest BCUT2D eigenvalue weighted by atomic mass is 10.1. The predicted molar refractivity (Wildman–Crippen MR) is 53.9 cm³/mol. The molecule has 0 aliphatic carbocycles. The Hall–Kier alpha value is -1.61. The van der Waals surface area contributed by atoms with Crippen molar-refractivity contribution in [2.45, 2.75) is 12.5 Å². The number of carboxylic acids is 1. The van der Waals surface area contributed by atoms with Crippen LogP contribution in [0.15, 0.2) is 30.8 Å². The molecule has 3 heteroatoms. The van der Waals surface area contributed by atoms with Gasteiger partial charge in [-0.1, -0.05) is 36.9 Å². The van der Waals surface area contributed by atoms with Crippen molar-refractivity contribution in [2.24, 2.45) is 0 Å². The number of carbonyl (C=O) groups is 1. The van der Waals surface area contributed by atoms with Crippen molar-refractivity contribution < 1.29 is 15.0 Å². The van der Waals surface area contributed by atoms with Gasteiger partial charge in [0.05, 0.1) is 0 Å². The molecule has 1 unspecified atom stereocenters. The lowest BCUT2D eigenvalue weighted by Gasteiger charge is -2.05. The molecule has 0 aliphatic heterocycles. The smallest absolute Gasteiger partial charge is 0.332 e. The van der Waals surface area contributed by atoms with Crippen molar-refractivity contribution in [3.63, 3.8) is 0 Å². The lowest BCUT2D eigenvalue weighted by Crippen LogP contribution is -2.21. The number of carboxylic acid groups (broad SMARTS) is 1. The number of aliphatic hydroxyl groups excluding tert-OH is 1. The molecule has 0 fully saturated rings. The number of hydrogen-bond acceptors (Lipinski definition) is 2. The van der Waals surface area contributed by atoms with Crippen molar-refractivity contribution in [3.8, 4) is 0 Å². The van der Waals surface area contributed by atoms with Crippen LogP contribution in [0.2, 0.25) is 0 Å². The summed E-state index contributed by atoms with van der Waals surface area (Å²) in [5, 5.41) is 17.6. The molecule has 0 radical (unpaired) electrons. The predicted octanol–water partition coefficient (Wildman–Crippen LogP) is 1.32. The molecular formula is C11H12O3. The number of aliphatic hydroxyl groups is 1. The van der Waals surface area contributed by atoms with E-state index >= 15 is 0 Å². The maximum atomic E-state index is 10.4. The zero-order valence-electron chi connectivity index (χ0n) is 7.68. The number of hydrogen-bond donors (Lipinski definition) is 2. The van der Waals surface area contributed by atoms with E-state index in [0.717, 1.165) is 11.1 Å². The summed E-state index contributed by atoms with van der Waals surface area (Å²) in [5.74, 6) is -1.20. The maximum Gasteiger partial charge on any atom is 0.332 e. The van der Waals surface area contributed by atoms with Gasteiger partial charge in [0.15, 0.2) is 6.10 Å². The molecule has 0 spiro atoms. The summed E-state index contributed by atoms with van der Waals surface area (Å²) < 4.78 is 0. The van der Waals surface area contributed by atoms with Gasteiger partial charge in [0, 0.05) is 6.42 Å². The Morgan fingerprint density at radius 3 is 2.43 bits per heavy atom. The monoisotopic (exact) mass is 192 g/mol. The summed E-state index contributed by atoms with van der Waals surface area (Å²) in [6.07, 6.45) is 0.508. The first-order chi connectivity index (χ1) is 6.63. The molecule has 2 N–H and O–H groups in total. The minimum atomic E-state index is -1.33. The Kier molecular flexibility index (Phi) is 3.42. The van der Waals surface area contributed by atoms with E-state index in [0.29, 0.717) is 0 Å². The summed E-state index contributed by atoms with van der Waals surface area (Å²) in [6, 6.07) is 7.22. The molecule has 0 heterocycles. The lowest BCUT2D eigenvalue weighted by molar-refractivity contribution is -0.146. The van der Waals surface area contributed by atoms with Gasteiger partial charge in [-0.3, -0.25) is 0 Å². The van der Waals surface area contributed by atoms with Crippen LogP contribution in [0.1, 0.15) is 11.1 Å². The van der Waals surface area contributed by atoms with Gasteiger partial charge < -0.3 is 10.2 Å². The molecule has 1 atom stereocenters. The fourth-order valence-corrected chi connectivity index (χ4v) is 1.10. The molecule has 1 aromatic carbocycles. The van der Waals surface area contributed by atoms with E-state index in [9.17, 15) is 4.79 Å². The van der Waals surface area contributed by atoms with Gasteiger partial charge in [-0.2, -0.15) is 0 Å². The van der Waals surface area contributed by atoms with Crippen LogP contribution in [0.4, 0.5) is 0 Å². The largest absolute Gasteiger partial charge is 0.479 e. The number of aliphatic carboxylic acids is 1. The maximum absolute atomic E-state index is 10.4. The summed E-state index contributed by atoms with van der Waals surface area (Å²) in [7, 11) is 0. The fraction of sp³-hybridized carbons (Fsp3) is 0.182. The van der Waals surface area contributed by atoms with Crippen molar-refractivity contribution in [3.05, 3.63) is 42.0 Å². The third-order valence-corrected chi connectivity index (χ3v) is 1.93. The topological polar surface area (TPSA) is 57.5 Å². The Morgan fingerprint density at radius 2 is 2.00 bits per heavy atom. The van der Waals surface area contributed by atoms with E-state index in [1.807, 2.05) is 12.1 Å². The average Bonchev–Trinajstić information content (AvgIpc) is 2.19. The van der Waals surface area contributed by atoms with Crippen molar-refractivity contribution in [1.82, 2.24) is 0 Å². The SMILES string of the molecule is C=Cc1ccc(CC(O)C(=O)O)cc1. The molecule has 0 saturated carbocycles. The molecule has 1 rings (SSSR count). The van der Waals surface area contributed by atoms with Gasteiger partial charge in [0.1, 0.15) is 0 Å². The minimum absolute atomic E-state index is 0.132. The fourth-order valence-electron chi connectivity index (χ4n) is 1.10. The summed E-state index contributed by atoms with van der Waals surface area (Å²) in [5.41, 5.74) is 1.77. The third kappa shape index (κ3) is 2.71. The van der Waals surface area contributed by atoms with Crippen molar-refractivity contribution in [1.29, 1.82) is 0 Å². The number of rotatable bonds is 4. The molecule has 0 saturated heterocycles. The van der Waals surface area contributed by atoms with Gasteiger partial charge in [-0.25, -0.2) is 4.79 Å². The normalized spacial score (nSPS) is 12.1. The molecule has 14 heavy (non-hydrogen) atoms. The van der Waals surface area contributed by atoms with Crippen molar-refractivity contribution in [2.75, 3.05) is 0 Å². The zero-order valence-corrected chi connectivity index (χ0v) is 7.68. The second-order valence-electron chi connectivity index (χ2n) is 3.00. The van der Waals surface area contributed by atoms with Crippen LogP contribution in [-0.2, 0) is 11.2 Å². The molecule has 1 aromatic rings. The highest BCUT2D eigenvalue weighted by atomic mass is 16.4. The molecule has 0 aliphatic rings. The first-order valence-electron chi connectivity index (χ1n) is 4.25. The zero-order chi connectivity index (χ0) is 10.6. The summed E-state index contributed by atoms with van der Waals surface area (Å²) in [4.78, 5) is 10.4.